The second-order valence-electron chi connectivity index (χ2n) is 4.71. The van der Waals surface area contributed by atoms with Crippen molar-refractivity contribution in [3.05, 3.63) is 65.2 Å². The highest BCUT2D eigenvalue weighted by molar-refractivity contribution is 5.69. The van der Waals surface area contributed by atoms with E-state index in [9.17, 15) is 4.79 Å². The molecule has 0 spiro atoms. The van der Waals surface area contributed by atoms with E-state index < -0.39 is 0 Å². The van der Waals surface area contributed by atoms with Gasteiger partial charge in [-0.1, -0.05) is 24.3 Å². The average Bonchev–Trinajstić information content (AvgIpc) is 2.53. The Morgan fingerprint density at radius 1 is 1.05 bits per heavy atom. The number of hydrogen-bond acceptors (Lipinski definition) is 4. The van der Waals surface area contributed by atoms with Crippen LogP contribution in [0.3, 0.4) is 0 Å². The normalized spacial score (nSPS) is 9.86. The molecule has 0 unspecified atom stereocenters. The van der Waals surface area contributed by atoms with Crippen LogP contribution in [0.15, 0.2) is 48.5 Å². The lowest BCUT2D eigenvalue weighted by molar-refractivity contribution is -0.144. The maximum Gasteiger partial charge on any atom is 0.306 e. The van der Waals surface area contributed by atoms with Gasteiger partial charge in [0.2, 0.25) is 0 Å². The minimum atomic E-state index is -0.240. The standard InChI is InChI=1S/C17H16N2O2/c18-11-14-1-3-15(4-2-14)12-21-17(20)10-7-13-5-8-16(19)9-6-13/h1-6,8-9H,7,10,12,19H2. The molecule has 0 saturated heterocycles. The maximum absolute atomic E-state index is 11.7. The van der Waals surface area contributed by atoms with Crippen LogP contribution in [0.1, 0.15) is 23.1 Å². The number of rotatable bonds is 5. The Kier molecular flexibility index (Phi) is 4.94. The van der Waals surface area contributed by atoms with E-state index in [2.05, 4.69) is 0 Å². The molecule has 21 heavy (non-hydrogen) atoms. The summed E-state index contributed by atoms with van der Waals surface area (Å²) in [6.07, 6.45) is 0.965. The van der Waals surface area contributed by atoms with E-state index >= 15 is 0 Å². The monoisotopic (exact) mass is 280 g/mol. The van der Waals surface area contributed by atoms with E-state index in [-0.39, 0.29) is 12.6 Å². The first-order chi connectivity index (χ1) is 10.2. The van der Waals surface area contributed by atoms with E-state index in [1.807, 2.05) is 30.3 Å². The lowest BCUT2D eigenvalue weighted by Gasteiger charge is -2.05. The first-order valence-electron chi connectivity index (χ1n) is 6.66. The van der Waals surface area contributed by atoms with Gasteiger partial charge in [-0.3, -0.25) is 4.79 Å². The van der Waals surface area contributed by atoms with Crippen molar-refractivity contribution >= 4 is 11.7 Å². The van der Waals surface area contributed by atoms with Gasteiger partial charge in [-0.2, -0.15) is 5.26 Å². The number of esters is 1. The summed E-state index contributed by atoms with van der Waals surface area (Å²) in [5, 5.41) is 8.70. The van der Waals surface area contributed by atoms with Crippen LogP contribution in [0.2, 0.25) is 0 Å². The van der Waals surface area contributed by atoms with Crippen LogP contribution in [-0.4, -0.2) is 5.97 Å². The third kappa shape index (κ3) is 4.66. The zero-order chi connectivity index (χ0) is 15.1. The molecule has 2 rings (SSSR count). The summed E-state index contributed by atoms with van der Waals surface area (Å²) in [6.45, 7) is 0.228. The Hall–Kier alpha value is -2.80. The molecule has 4 heteroatoms. The molecule has 0 aliphatic carbocycles. The van der Waals surface area contributed by atoms with E-state index in [0.29, 0.717) is 24.1 Å². The van der Waals surface area contributed by atoms with Gasteiger partial charge in [-0.05, 0) is 41.8 Å². The lowest BCUT2D eigenvalue weighted by Crippen LogP contribution is -2.06. The topological polar surface area (TPSA) is 76.1 Å². The fourth-order valence-electron chi connectivity index (χ4n) is 1.84. The molecule has 2 N–H and O–H groups in total. The zero-order valence-corrected chi connectivity index (χ0v) is 11.6. The van der Waals surface area contributed by atoms with Crippen LogP contribution >= 0.6 is 0 Å². The summed E-state index contributed by atoms with van der Waals surface area (Å²) in [5.41, 5.74) is 8.83. The molecule has 4 nitrogen and oxygen atoms in total. The molecule has 0 aliphatic rings. The molecule has 0 saturated carbocycles. The Morgan fingerprint density at radius 2 is 1.67 bits per heavy atom. The quantitative estimate of drug-likeness (QED) is 0.675. The van der Waals surface area contributed by atoms with Crippen molar-refractivity contribution in [2.45, 2.75) is 19.4 Å². The molecular formula is C17H16N2O2. The van der Waals surface area contributed by atoms with Crippen LogP contribution in [-0.2, 0) is 22.6 Å². The Labute approximate surface area is 123 Å². The Morgan fingerprint density at radius 3 is 2.29 bits per heavy atom. The second-order valence-corrected chi connectivity index (χ2v) is 4.71. The first-order valence-corrected chi connectivity index (χ1v) is 6.66. The van der Waals surface area contributed by atoms with Gasteiger partial charge in [0.1, 0.15) is 6.61 Å². The van der Waals surface area contributed by atoms with Gasteiger partial charge in [-0.25, -0.2) is 0 Å². The van der Waals surface area contributed by atoms with Crippen LogP contribution in [0.4, 0.5) is 5.69 Å². The van der Waals surface area contributed by atoms with Crippen LogP contribution < -0.4 is 5.73 Å². The van der Waals surface area contributed by atoms with Gasteiger partial charge < -0.3 is 10.5 Å². The highest BCUT2D eigenvalue weighted by Crippen LogP contribution is 2.09. The number of ether oxygens (including phenoxy) is 1. The van der Waals surface area contributed by atoms with Gasteiger partial charge in [0.15, 0.2) is 0 Å². The van der Waals surface area contributed by atoms with Crippen molar-refractivity contribution in [3.8, 4) is 6.07 Å². The smallest absolute Gasteiger partial charge is 0.306 e. The van der Waals surface area contributed by atoms with Gasteiger partial charge in [0, 0.05) is 12.1 Å². The van der Waals surface area contributed by atoms with Crippen molar-refractivity contribution in [2.75, 3.05) is 5.73 Å². The molecule has 0 atom stereocenters. The van der Waals surface area contributed by atoms with E-state index in [0.717, 1.165) is 11.1 Å². The maximum atomic E-state index is 11.7. The van der Waals surface area contributed by atoms with Gasteiger partial charge in [0.25, 0.3) is 0 Å². The predicted molar refractivity (Wildman–Crippen MR) is 80.1 cm³/mol. The predicted octanol–water partition coefficient (Wildman–Crippen LogP) is 2.82. The highest BCUT2D eigenvalue weighted by atomic mass is 16.5. The first kappa shape index (κ1) is 14.6. The average molecular weight is 280 g/mol. The lowest BCUT2D eigenvalue weighted by atomic mass is 10.1. The fraction of sp³-hybridized carbons (Fsp3) is 0.176. The summed E-state index contributed by atoms with van der Waals surface area (Å²) >= 11 is 0. The molecule has 0 aliphatic heterocycles. The molecule has 106 valence electrons. The van der Waals surface area contributed by atoms with Crippen molar-refractivity contribution in [1.82, 2.24) is 0 Å². The van der Waals surface area contributed by atoms with Crippen molar-refractivity contribution in [1.29, 1.82) is 5.26 Å². The number of nitrogen functional groups attached to an aromatic ring is 1. The minimum Gasteiger partial charge on any atom is -0.461 e. The summed E-state index contributed by atoms with van der Waals surface area (Å²) < 4.78 is 5.20. The number of carbonyl (C=O) groups excluding carboxylic acids is 1. The van der Waals surface area contributed by atoms with Crippen molar-refractivity contribution in [3.63, 3.8) is 0 Å². The molecule has 0 fully saturated rings. The van der Waals surface area contributed by atoms with Crippen molar-refractivity contribution in [2.24, 2.45) is 0 Å². The van der Waals surface area contributed by atoms with Crippen LogP contribution in [0, 0.1) is 11.3 Å². The number of hydrogen-bond donors (Lipinski definition) is 1. The third-order valence-electron chi connectivity index (χ3n) is 3.08. The number of aryl methyl sites for hydroxylation is 1. The van der Waals surface area contributed by atoms with Crippen LogP contribution in [0.25, 0.3) is 0 Å². The van der Waals surface area contributed by atoms with Gasteiger partial charge in [0.05, 0.1) is 11.6 Å². The Balaban J connectivity index is 1.76. The highest BCUT2D eigenvalue weighted by Gasteiger charge is 2.04. The van der Waals surface area contributed by atoms with E-state index in [1.54, 1.807) is 24.3 Å². The van der Waals surface area contributed by atoms with Crippen molar-refractivity contribution < 1.29 is 9.53 Å². The summed E-state index contributed by atoms with van der Waals surface area (Å²) in [6, 6.07) is 16.5. The second kappa shape index (κ2) is 7.11. The summed E-state index contributed by atoms with van der Waals surface area (Å²) in [5.74, 6) is -0.240. The number of carbonyl (C=O) groups is 1. The van der Waals surface area contributed by atoms with Gasteiger partial charge >= 0.3 is 5.97 Å². The summed E-state index contributed by atoms with van der Waals surface area (Å²) in [4.78, 5) is 11.7. The number of anilines is 1. The number of nitriles is 1. The minimum absolute atomic E-state index is 0.228. The van der Waals surface area contributed by atoms with E-state index in [4.69, 9.17) is 15.7 Å². The molecule has 2 aromatic carbocycles. The molecule has 0 heterocycles. The molecule has 0 aromatic heterocycles. The van der Waals surface area contributed by atoms with E-state index in [1.165, 1.54) is 0 Å². The molecule has 0 bridgehead atoms. The summed E-state index contributed by atoms with van der Waals surface area (Å²) in [7, 11) is 0. The zero-order valence-electron chi connectivity index (χ0n) is 11.6. The number of benzene rings is 2. The SMILES string of the molecule is N#Cc1ccc(COC(=O)CCc2ccc(N)cc2)cc1. The molecule has 0 amide bonds. The molecular weight excluding hydrogens is 264 g/mol. The Bertz CT molecular complexity index is 640. The fourth-order valence-corrected chi connectivity index (χ4v) is 1.84. The third-order valence-corrected chi connectivity index (χ3v) is 3.08. The number of nitrogens with zero attached hydrogens (tertiary/aromatic N) is 1. The molecule has 0 radical (unpaired) electrons. The number of nitrogens with two attached hydrogens (primary N) is 1. The molecule has 2 aromatic rings. The van der Waals surface area contributed by atoms with Gasteiger partial charge in [-0.15, -0.1) is 0 Å². The largest absolute Gasteiger partial charge is 0.461 e. The van der Waals surface area contributed by atoms with Crippen LogP contribution in [0.5, 0.6) is 0 Å².